The molecule has 56 heavy (non-hydrogen) atoms. The number of furan rings is 2. The molecule has 1 aliphatic carbocycles. The highest BCUT2D eigenvalue weighted by Crippen LogP contribution is 2.53. The summed E-state index contributed by atoms with van der Waals surface area (Å²) in [6.07, 6.45) is 5.69. The van der Waals surface area contributed by atoms with E-state index in [2.05, 4.69) is 164 Å². The van der Waals surface area contributed by atoms with Crippen LogP contribution in [0.5, 0.6) is 0 Å². The largest absolute Gasteiger partial charge is 0.456 e. The zero-order valence-electron chi connectivity index (χ0n) is 31.5. The van der Waals surface area contributed by atoms with Gasteiger partial charge in [0.05, 0.1) is 16.9 Å². The van der Waals surface area contributed by atoms with Gasteiger partial charge in [-0.25, -0.2) is 0 Å². The number of nitrogens with zero attached hydrogens (tertiary/aromatic N) is 2. The molecule has 4 heteroatoms. The van der Waals surface area contributed by atoms with Gasteiger partial charge >= 0.3 is 0 Å². The van der Waals surface area contributed by atoms with Crippen LogP contribution in [0.2, 0.25) is 0 Å². The monoisotopic (exact) mass is 722 g/mol. The minimum Gasteiger partial charge on any atom is -0.456 e. The highest BCUT2D eigenvalue weighted by atomic mass is 16.3. The molecule has 1 aliphatic heterocycles. The molecule has 0 radical (unpaired) electrons. The van der Waals surface area contributed by atoms with E-state index in [-0.39, 0.29) is 5.41 Å². The zero-order chi connectivity index (χ0) is 37.3. The molecule has 10 aromatic rings. The highest BCUT2D eigenvalue weighted by molar-refractivity contribution is 6.08. The van der Waals surface area contributed by atoms with Crippen LogP contribution in [0.1, 0.15) is 43.2 Å². The number of benzene rings is 7. The number of fused-ring (bicyclic) bond motifs is 11. The summed E-state index contributed by atoms with van der Waals surface area (Å²) in [6, 6.07) is 52.9. The second-order valence-corrected chi connectivity index (χ2v) is 16.2. The van der Waals surface area contributed by atoms with Crippen molar-refractivity contribution < 1.29 is 8.83 Å². The van der Waals surface area contributed by atoms with Crippen molar-refractivity contribution in [1.82, 2.24) is 4.57 Å². The van der Waals surface area contributed by atoms with Crippen LogP contribution >= 0.6 is 0 Å². The molecule has 2 aliphatic rings. The molecular weight excluding hydrogens is 685 g/mol. The third-order valence-electron chi connectivity index (χ3n) is 12.5. The average Bonchev–Trinajstić information content (AvgIpc) is 3.89. The quantitative estimate of drug-likeness (QED) is 0.182. The first-order valence-electron chi connectivity index (χ1n) is 19.6. The Morgan fingerprint density at radius 3 is 1.91 bits per heavy atom. The lowest BCUT2D eigenvalue weighted by Crippen LogP contribution is -2.30. The summed E-state index contributed by atoms with van der Waals surface area (Å²) in [4.78, 5) is 2.44. The number of anilines is 3. The molecule has 1 unspecified atom stereocenters. The Morgan fingerprint density at radius 2 is 1.14 bits per heavy atom. The minimum atomic E-state index is -0.215. The summed E-state index contributed by atoms with van der Waals surface area (Å²) in [5, 5.41) is 5.87. The topological polar surface area (TPSA) is 34.5 Å². The van der Waals surface area contributed by atoms with Gasteiger partial charge in [-0.1, -0.05) is 93.6 Å². The Bertz CT molecular complexity index is 3300. The molecular formula is C52H38N2O2. The Labute approximate surface area is 324 Å². The fraction of sp³-hybridized carbons (Fsp3) is 0.115. The predicted octanol–water partition coefficient (Wildman–Crippen LogP) is 14.4. The summed E-state index contributed by atoms with van der Waals surface area (Å²) in [5.74, 6) is 0.473. The zero-order valence-corrected chi connectivity index (χ0v) is 31.5. The van der Waals surface area contributed by atoms with E-state index in [0.29, 0.717) is 5.92 Å². The van der Waals surface area contributed by atoms with Gasteiger partial charge in [0.15, 0.2) is 0 Å². The van der Waals surface area contributed by atoms with Crippen molar-refractivity contribution in [2.75, 3.05) is 4.90 Å². The van der Waals surface area contributed by atoms with Gasteiger partial charge in [0, 0.05) is 49.4 Å². The summed E-state index contributed by atoms with van der Waals surface area (Å²) in [6.45, 7) is 7.05. The molecule has 12 rings (SSSR count). The SMILES string of the molecule is CC1C=Cc2c(c3cc(-c4ccc5c(c4)C(C)(C)c4ccccc4N5c4ccc5oc6ccccc6c5c4)ccc3n2-c2ccc3oc4ccccc4c3c2)C1. The predicted molar refractivity (Wildman–Crippen MR) is 232 cm³/mol. The molecule has 0 bridgehead atoms. The molecule has 1 atom stereocenters. The fourth-order valence-corrected chi connectivity index (χ4v) is 9.74. The number of hydrogen-bond acceptors (Lipinski definition) is 3. The van der Waals surface area contributed by atoms with Crippen molar-refractivity contribution in [2.24, 2.45) is 5.92 Å². The third kappa shape index (κ3) is 4.41. The first kappa shape index (κ1) is 31.6. The number of hydrogen-bond donors (Lipinski definition) is 0. The van der Waals surface area contributed by atoms with Gasteiger partial charge in [0.2, 0.25) is 0 Å². The number of rotatable bonds is 3. The van der Waals surface area contributed by atoms with Crippen LogP contribution in [0.25, 0.3) is 77.7 Å². The first-order valence-corrected chi connectivity index (χ1v) is 19.6. The van der Waals surface area contributed by atoms with E-state index in [0.717, 1.165) is 61.7 Å². The van der Waals surface area contributed by atoms with Gasteiger partial charge in [0.25, 0.3) is 0 Å². The van der Waals surface area contributed by atoms with Gasteiger partial charge in [-0.2, -0.15) is 0 Å². The van der Waals surface area contributed by atoms with Crippen molar-refractivity contribution in [2.45, 2.75) is 32.6 Å². The molecule has 0 saturated heterocycles. The standard InChI is InChI=1S/C52H38N2O2/c1-31-16-21-44-38(26-31)39-27-32(17-22-45(39)53(44)34-19-24-50-40(29-34)36-10-4-8-14-48(36)55-50)33-18-23-47-43(28-33)52(2,3)42-12-6-7-13-46(42)54(47)35-20-25-51-41(30-35)37-11-5-9-15-49(37)56-51/h4-25,27-31H,26H2,1-3H3. The number of aromatic nitrogens is 1. The summed E-state index contributed by atoms with van der Waals surface area (Å²) in [5.41, 5.74) is 17.1. The third-order valence-corrected chi connectivity index (χ3v) is 12.5. The van der Waals surface area contributed by atoms with Gasteiger partial charge in [-0.3, -0.25) is 0 Å². The smallest absolute Gasteiger partial charge is 0.135 e. The van der Waals surface area contributed by atoms with Crippen LogP contribution in [0, 0.1) is 5.92 Å². The van der Waals surface area contributed by atoms with Crippen molar-refractivity contribution in [1.29, 1.82) is 0 Å². The first-order chi connectivity index (χ1) is 27.4. The van der Waals surface area contributed by atoms with E-state index >= 15 is 0 Å². The van der Waals surface area contributed by atoms with Crippen LogP contribution in [-0.4, -0.2) is 4.57 Å². The Hall–Kier alpha value is -6.78. The molecule has 268 valence electrons. The second kappa shape index (κ2) is 11.4. The van der Waals surface area contributed by atoms with E-state index in [9.17, 15) is 0 Å². The van der Waals surface area contributed by atoms with Gasteiger partial charge in [0.1, 0.15) is 22.3 Å². The van der Waals surface area contributed by atoms with E-state index in [1.54, 1.807) is 0 Å². The average molecular weight is 723 g/mol. The maximum absolute atomic E-state index is 6.23. The Kier molecular flexibility index (Phi) is 6.41. The summed E-state index contributed by atoms with van der Waals surface area (Å²) < 4.78 is 14.9. The maximum Gasteiger partial charge on any atom is 0.135 e. The van der Waals surface area contributed by atoms with Crippen molar-refractivity contribution in [3.05, 3.63) is 174 Å². The van der Waals surface area contributed by atoms with Gasteiger partial charge in [-0.05, 0) is 125 Å². The molecule has 7 aromatic carbocycles. The van der Waals surface area contributed by atoms with Crippen molar-refractivity contribution >= 4 is 77.9 Å². The van der Waals surface area contributed by atoms with E-state index in [1.807, 2.05) is 24.3 Å². The number of allylic oxidation sites excluding steroid dienone is 1. The van der Waals surface area contributed by atoms with Crippen LogP contribution in [0.4, 0.5) is 17.1 Å². The van der Waals surface area contributed by atoms with Crippen LogP contribution in [0.15, 0.2) is 161 Å². The van der Waals surface area contributed by atoms with Crippen molar-refractivity contribution in [3.8, 4) is 16.8 Å². The van der Waals surface area contributed by atoms with Gasteiger partial charge in [-0.15, -0.1) is 0 Å². The lowest BCUT2D eigenvalue weighted by molar-refractivity contribution is 0.632. The van der Waals surface area contributed by atoms with Crippen LogP contribution in [-0.2, 0) is 11.8 Å². The van der Waals surface area contributed by atoms with E-state index in [1.165, 1.54) is 55.8 Å². The van der Waals surface area contributed by atoms with E-state index < -0.39 is 0 Å². The molecule has 0 N–H and O–H groups in total. The molecule has 0 spiro atoms. The Morgan fingerprint density at radius 1 is 0.536 bits per heavy atom. The molecule has 4 heterocycles. The molecule has 0 amide bonds. The van der Waals surface area contributed by atoms with Crippen LogP contribution in [0.3, 0.4) is 0 Å². The lowest BCUT2D eigenvalue weighted by atomic mass is 9.73. The highest BCUT2D eigenvalue weighted by Gasteiger charge is 2.37. The minimum absolute atomic E-state index is 0.215. The molecule has 4 nitrogen and oxygen atoms in total. The molecule has 0 fully saturated rings. The summed E-state index contributed by atoms with van der Waals surface area (Å²) in [7, 11) is 0. The lowest BCUT2D eigenvalue weighted by Gasteiger charge is -2.42. The fourth-order valence-electron chi connectivity index (χ4n) is 9.74. The normalized spacial score (nSPS) is 15.9. The van der Waals surface area contributed by atoms with Gasteiger partial charge < -0.3 is 18.3 Å². The second-order valence-electron chi connectivity index (χ2n) is 16.2. The summed E-state index contributed by atoms with van der Waals surface area (Å²) >= 11 is 0. The van der Waals surface area contributed by atoms with Crippen LogP contribution < -0.4 is 4.90 Å². The molecule has 3 aromatic heterocycles. The van der Waals surface area contributed by atoms with E-state index in [4.69, 9.17) is 8.83 Å². The Balaban J connectivity index is 1.02. The number of para-hydroxylation sites is 3. The maximum atomic E-state index is 6.23. The van der Waals surface area contributed by atoms with Crippen molar-refractivity contribution in [3.63, 3.8) is 0 Å². The molecule has 0 saturated carbocycles.